The summed E-state index contributed by atoms with van der Waals surface area (Å²) in [4.78, 5) is 9.28. The van der Waals surface area contributed by atoms with Crippen LogP contribution in [0.1, 0.15) is 41.9 Å². The Labute approximate surface area is 114 Å². The smallest absolute Gasteiger partial charge is 0.138 e. The molecule has 0 bridgehead atoms. The molecule has 0 spiro atoms. The fraction of sp³-hybridized carbons (Fsp3) is 0.375. The zero-order valence-corrected chi connectivity index (χ0v) is 11.5. The molecule has 1 heterocycles. The van der Waals surface area contributed by atoms with E-state index in [0.717, 1.165) is 36.7 Å². The van der Waals surface area contributed by atoms with E-state index in [1.165, 1.54) is 11.1 Å². The first-order valence-electron chi connectivity index (χ1n) is 6.95. The minimum atomic E-state index is 0.373. The third-order valence-corrected chi connectivity index (χ3v) is 3.59. The van der Waals surface area contributed by atoms with Gasteiger partial charge in [0.25, 0.3) is 0 Å². The van der Waals surface area contributed by atoms with Gasteiger partial charge in [0.2, 0.25) is 0 Å². The number of hydrogen-bond acceptors (Lipinski definition) is 3. The Kier molecular flexibility index (Phi) is 3.20. The van der Waals surface area contributed by atoms with Crippen molar-refractivity contribution in [3.63, 3.8) is 0 Å². The van der Waals surface area contributed by atoms with E-state index in [4.69, 9.17) is 0 Å². The average Bonchev–Trinajstić information content (AvgIpc) is 2.37. The highest BCUT2D eigenvalue weighted by Gasteiger charge is 2.29. The molecular weight excluding hydrogens is 234 g/mol. The molecule has 1 aliphatic rings. The van der Waals surface area contributed by atoms with Gasteiger partial charge < -0.3 is 5.32 Å². The molecule has 0 aliphatic heterocycles. The highest BCUT2D eigenvalue weighted by atomic mass is 15.0. The van der Waals surface area contributed by atoms with Gasteiger partial charge in [0.15, 0.2) is 0 Å². The zero-order chi connectivity index (χ0) is 13.2. The molecule has 3 nitrogen and oxygen atoms in total. The van der Waals surface area contributed by atoms with Crippen LogP contribution in [0.4, 0.5) is 5.82 Å². The standard InChI is InChI=1S/C16H19N3/c1-3-8-17-15-9-11(2)18-16(19-15)14-10-12-6-4-5-7-13(12)14/h4-7,9,14H,3,8,10H2,1-2H3,(H,17,18,19). The molecule has 1 aromatic heterocycles. The van der Waals surface area contributed by atoms with Gasteiger partial charge in [0.05, 0.1) is 0 Å². The summed E-state index contributed by atoms with van der Waals surface area (Å²) in [7, 11) is 0. The topological polar surface area (TPSA) is 37.8 Å². The second kappa shape index (κ2) is 5.00. The molecule has 2 aromatic rings. The Bertz CT molecular complexity index is 592. The number of nitrogens with zero attached hydrogens (tertiary/aromatic N) is 2. The van der Waals surface area contributed by atoms with Gasteiger partial charge in [0, 0.05) is 24.2 Å². The van der Waals surface area contributed by atoms with E-state index in [1.807, 2.05) is 13.0 Å². The van der Waals surface area contributed by atoms with Gasteiger partial charge in [-0.15, -0.1) is 0 Å². The van der Waals surface area contributed by atoms with E-state index in [9.17, 15) is 0 Å². The molecule has 1 aliphatic carbocycles. The Morgan fingerprint density at radius 2 is 2.11 bits per heavy atom. The number of benzene rings is 1. The lowest BCUT2D eigenvalue weighted by molar-refractivity contribution is 0.657. The van der Waals surface area contributed by atoms with Crippen LogP contribution < -0.4 is 5.32 Å². The van der Waals surface area contributed by atoms with Crippen LogP contribution >= 0.6 is 0 Å². The van der Waals surface area contributed by atoms with Gasteiger partial charge in [-0.25, -0.2) is 9.97 Å². The number of rotatable bonds is 4. The molecular formula is C16H19N3. The zero-order valence-electron chi connectivity index (χ0n) is 11.5. The Morgan fingerprint density at radius 1 is 1.26 bits per heavy atom. The fourth-order valence-electron chi connectivity index (χ4n) is 2.58. The van der Waals surface area contributed by atoms with Crippen LogP contribution in [0.3, 0.4) is 0 Å². The second-order valence-electron chi connectivity index (χ2n) is 5.14. The Balaban J connectivity index is 1.88. The lowest BCUT2D eigenvalue weighted by Gasteiger charge is -2.29. The summed E-state index contributed by atoms with van der Waals surface area (Å²) in [6.45, 7) is 5.15. The number of aromatic nitrogens is 2. The van der Waals surface area contributed by atoms with Crippen LogP contribution in [-0.2, 0) is 6.42 Å². The normalized spacial score (nSPS) is 16.6. The van der Waals surface area contributed by atoms with Crippen molar-refractivity contribution in [2.75, 3.05) is 11.9 Å². The van der Waals surface area contributed by atoms with E-state index in [-0.39, 0.29) is 0 Å². The maximum absolute atomic E-state index is 4.67. The van der Waals surface area contributed by atoms with Gasteiger partial charge in [-0.1, -0.05) is 31.2 Å². The van der Waals surface area contributed by atoms with Crippen LogP contribution in [-0.4, -0.2) is 16.5 Å². The Morgan fingerprint density at radius 3 is 2.89 bits per heavy atom. The molecule has 1 unspecified atom stereocenters. The van der Waals surface area contributed by atoms with Crippen LogP contribution in [0.2, 0.25) is 0 Å². The lowest BCUT2D eigenvalue weighted by atomic mass is 9.77. The van der Waals surface area contributed by atoms with E-state index in [1.54, 1.807) is 0 Å². The first-order chi connectivity index (χ1) is 9.28. The summed E-state index contributed by atoms with van der Waals surface area (Å²) in [5.41, 5.74) is 3.85. The maximum atomic E-state index is 4.67. The summed E-state index contributed by atoms with van der Waals surface area (Å²) < 4.78 is 0. The van der Waals surface area contributed by atoms with Crippen molar-refractivity contribution in [3.8, 4) is 0 Å². The highest BCUT2D eigenvalue weighted by molar-refractivity contribution is 5.46. The second-order valence-corrected chi connectivity index (χ2v) is 5.14. The monoisotopic (exact) mass is 253 g/mol. The molecule has 3 heteroatoms. The van der Waals surface area contributed by atoms with Gasteiger partial charge in [-0.05, 0) is 30.9 Å². The summed E-state index contributed by atoms with van der Waals surface area (Å²) >= 11 is 0. The molecule has 0 saturated carbocycles. The van der Waals surface area contributed by atoms with Gasteiger partial charge in [-0.2, -0.15) is 0 Å². The van der Waals surface area contributed by atoms with Crippen molar-refractivity contribution < 1.29 is 0 Å². The fourth-order valence-corrected chi connectivity index (χ4v) is 2.58. The molecule has 19 heavy (non-hydrogen) atoms. The van der Waals surface area contributed by atoms with Gasteiger partial charge in [0.1, 0.15) is 11.6 Å². The summed E-state index contributed by atoms with van der Waals surface area (Å²) in [5.74, 6) is 2.28. The predicted octanol–water partition coefficient (Wildman–Crippen LogP) is 3.29. The van der Waals surface area contributed by atoms with Gasteiger partial charge in [-0.3, -0.25) is 0 Å². The highest BCUT2D eigenvalue weighted by Crippen LogP contribution is 2.38. The molecule has 1 N–H and O–H groups in total. The SMILES string of the molecule is CCCNc1cc(C)nc(C2Cc3ccccc32)n1. The number of fused-ring (bicyclic) bond motifs is 1. The minimum Gasteiger partial charge on any atom is -0.370 e. The van der Waals surface area contributed by atoms with Crippen molar-refractivity contribution in [2.24, 2.45) is 0 Å². The maximum Gasteiger partial charge on any atom is 0.138 e. The van der Waals surface area contributed by atoms with Crippen molar-refractivity contribution in [2.45, 2.75) is 32.6 Å². The van der Waals surface area contributed by atoms with Gasteiger partial charge >= 0.3 is 0 Å². The van der Waals surface area contributed by atoms with Crippen LogP contribution in [0.15, 0.2) is 30.3 Å². The van der Waals surface area contributed by atoms with E-state index in [0.29, 0.717) is 5.92 Å². The van der Waals surface area contributed by atoms with Crippen molar-refractivity contribution in [3.05, 3.63) is 53.0 Å². The van der Waals surface area contributed by atoms with Crippen LogP contribution in [0.25, 0.3) is 0 Å². The first-order valence-corrected chi connectivity index (χ1v) is 6.95. The molecule has 3 rings (SSSR count). The third-order valence-electron chi connectivity index (χ3n) is 3.59. The minimum absolute atomic E-state index is 0.373. The quantitative estimate of drug-likeness (QED) is 0.908. The van der Waals surface area contributed by atoms with Crippen LogP contribution in [0, 0.1) is 6.92 Å². The molecule has 1 atom stereocenters. The van der Waals surface area contributed by atoms with Crippen molar-refractivity contribution in [1.29, 1.82) is 0 Å². The molecule has 0 radical (unpaired) electrons. The van der Waals surface area contributed by atoms with E-state index >= 15 is 0 Å². The average molecular weight is 253 g/mol. The van der Waals surface area contributed by atoms with E-state index < -0.39 is 0 Å². The largest absolute Gasteiger partial charge is 0.370 e. The summed E-state index contributed by atoms with van der Waals surface area (Å²) in [5, 5.41) is 3.35. The molecule has 98 valence electrons. The summed E-state index contributed by atoms with van der Waals surface area (Å²) in [6.07, 6.45) is 2.16. The Hall–Kier alpha value is -1.90. The first kappa shape index (κ1) is 12.2. The van der Waals surface area contributed by atoms with Crippen molar-refractivity contribution >= 4 is 5.82 Å². The number of anilines is 1. The van der Waals surface area contributed by atoms with Crippen LogP contribution in [0.5, 0.6) is 0 Å². The summed E-state index contributed by atoms with van der Waals surface area (Å²) in [6, 6.07) is 10.6. The third kappa shape index (κ3) is 2.33. The molecule has 0 amide bonds. The molecule has 1 aromatic carbocycles. The number of aryl methyl sites for hydroxylation is 1. The molecule has 0 fully saturated rings. The predicted molar refractivity (Wildman–Crippen MR) is 77.5 cm³/mol. The van der Waals surface area contributed by atoms with E-state index in [2.05, 4.69) is 46.5 Å². The molecule has 0 saturated heterocycles. The van der Waals surface area contributed by atoms with Crippen molar-refractivity contribution in [1.82, 2.24) is 9.97 Å². The lowest BCUT2D eigenvalue weighted by Crippen LogP contribution is -2.21. The number of nitrogens with one attached hydrogen (secondary N) is 1. The number of hydrogen-bond donors (Lipinski definition) is 1.